The predicted octanol–water partition coefficient (Wildman–Crippen LogP) is 5.74. The Labute approximate surface area is 191 Å². The van der Waals surface area contributed by atoms with Crippen molar-refractivity contribution in [1.29, 1.82) is 0 Å². The van der Waals surface area contributed by atoms with Gasteiger partial charge in [-0.05, 0) is 28.8 Å². The van der Waals surface area contributed by atoms with Gasteiger partial charge in [-0.3, -0.25) is 9.36 Å². The quantitative estimate of drug-likeness (QED) is 0.254. The summed E-state index contributed by atoms with van der Waals surface area (Å²) in [6.07, 6.45) is 1.68. The molecule has 0 radical (unpaired) electrons. The number of carbonyl (C=O) groups excluding carboxylic acids is 1. The summed E-state index contributed by atoms with van der Waals surface area (Å²) in [6.45, 7) is 0. The topological polar surface area (TPSA) is 47.8 Å². The molecule has 0 aliphatic heterocycles. The minimum absolute atomic E-state index is 0.267. The first-order valence-electron chi connectivity index (χ1n) is 10.6. The molecule has 0 aliphatic carbocycles. The van der Waals surface area contributed by atoms with Gasteiger partial charge < -0.3 is 0 Å². The average Bonchev–Trinajstić information content (AvgIpc) is 3.28. The fraction of sp³-hybridized carbons (Fsp3) is 0.0357. The molecule has 5 heteroatoms. The molecule has 33 heavy (non-hydrogen) atoms. The molecule has 0 bridgehead atoms. The Morgan fingerprint density at radius 2 is 1.15 bits per heavy atom. The maximum atomic E-state index is 15.8. The number of hydrogen-bond donors (Lipinski definition) is 0. The Hall–Kier alpha value is -4.38. The lowest BCUT2D eigenvalue weighted by Gasteiger charge is -2.37. The molecule has 160 valence electrons. The summed E-state index contributed by atoms with van der Waals surface area (Å²) < 4.78 is 17.3. The van der Waals surface area contributed by atoms with E-state index >= 15 is 4.39 Å². The Balaban J connectivity index is 1.84. The van der Waals surface area contributed by atoms with E-state index in [-0.39, 0.29) is 5.69 Å². The van der Waals surface area contributed by atoms with E-state index in [1.54, 1.807) is 29.0 Å². The van der Waals surface area contributed by atoms with Crippen LogP contribution in [0, 0.1) is 6.08 Å². The maximum Gasteiger partial charge on any atom is 0.291 e. The molecule has 0 N–H and O–H groups in total. The van der Waals surface area contributed by atoms with Gasteiger partial charge in [0.2, 0.25) is 0 Å². The first-order chi connectivity index (χ1) is 16.2. The summed E-state index contributed by atoms with van der Waals surface area (Å²) in [7, 11) is 0. The van der Waals surface area contributed by atoms with Gasteiger partial charge in [-0.15, -0.1) is 0 Å². The Kier molecular flexibility index (Phi) is 5.37. The molecule has 0 fully saturated rings. The van der Waals surface area contributed by atoms with Crippen LogP contribution in [-0.2, 0) is 5.54 Å². The van der Waals surface area contributed by atoms with Crippen LogP contribution in [0.1, 0.15) is 27.2 Å². The molecule has 0 saturated heterocycles. The molecule has 5 aromatic rings. The lowest BCUT2D eigenvalue weighted by Crippen LogP contribution is -2.38. The Morgan fingerprint density at radius 3 is 1.64 bits per heavy atom. The van der Waals surface area contributed by atoms with Crippen LogP contribution in [0.15, 0.2) is 115 Å². The number of pyridine rings is 1. The fourth-order valence-electron chi connectivity index (χ4n) is 4.33. The largest absolute Gasteiger partial charge is 0.296 e. The standard InChI is InChI=1S/C28H20FN3O/c29-27-31-26(25-18-10-17-24(20-33)30-25)19-32(27)28(21-11-4-1-5-12-21,22-13-6-2-7-14-22)23-15-8-3-9-16-23/h1-20H. The molecule has 0 spiro atoms. The second-order valence-corrected chi connectivity index (χ2v) is 7.64. The highest BCUT2D eigenvalue weighted by Gasteiger charge is 2.40. The van der Waals surface area contributed by atoms with Crippen LogP contribution in [0.3, 0.4) is 0 Å². The van der Waals surface area contributed by atoms with Crippen LogP contribution in [0.2, 0.25) is 0 Å². The van der Waals surface area contributed by atoms with Gasteiger partial charge in [-0.1, -0.05) is 97.1 Å². The molecule has 0 amide bonds. The lowest BCUT2D eigenvalue weighted by molar-refractivity contribution is 0.111. The van der Waals surface area contributed by atoms with E-state index in [9.17, 15) is 4.79 Å². The molecular formula is C28H20FN3O. The van der Waals surface area contributed by atoms with Crippen LogP contribution in [0.5, 0.6) is 0 Å². The zero-order chi connectivity index (χ0) is 22.7. The molecule has 0 saturated carbocycles. The summed E-state index contributed by atoms with van der Waals surface area (Å²) in [4.78, 5) is 19.7. The highest BCUT2D eigenvalue weighted by Crippen LogP contribution is 2.42. The Morgan fingerprint density at radius 1 is 0.636 bits per heavy atom. The molecule has 3 aromatic carbocycles. The summed E-state index contributed by atoms with van der Waals surface area (Å²) in [5, 5.41) is 0. The van der Waals surface area contributed by atoms with Crippen molar-refractivity contribution in [3.63, 3.8) is 0 Å². The summed E-state index contributed by atoms with van der Waals surface area (Å²) in [5.41, 5.74) is 2.70. The van der Waals surface area contributed by atoms with E-state index in [0.29, 0.717) is 17.7 Å². The van der Waals surface area contributed by atoms with Crippen molar-refractivity contribution in [2.24, 2.45) is 0 Å². The molecular weight excluding hydrogens is 413 g/mol. The summed E-state index contributed by atoms with van der Waals surface area (Å²) >= 11 is 0. The van der Waals surface area contributed by atoms with E-state index in [2.05, 4.69) is 9.97 Å². The minimum Gasteiger partial charge on any atom is -0.296 e. The smallest absolute Gasteiger partial charge is 0.291 e. The number of carbonyl (C=O) groups is 1. The van der Waals surface area contributed by atoms with Crippen LogP contribution in [-0.4, -0.2) is 20.8 Å². The van der Waals surface area contributed by atoms with E-state index < -0.39 is 11.6 Å². The second-order valence-electron chi connectivity index (χ2n) is 7.64. The van der Waals surface area contributed by atoms with Gasteiger partial charge in [0.1, 0.15) is 16.9 Å². The molecule has 5 rings (SSSR count). The van der Waals surface area contributed by atoms with Gasteiger partial charge in [0.05, 0.1) is 5.69 Å². The normalized spacial score (nSPS) is 11.3. The van der Waals surface area contributed by atoms with E-state index in [1.165, 1.54) is 0 Å². The fourth-order valence-corrected chi connectivity index (χ4v) is 4.33. The number of aldehydes is 1. The molecule has 0 aliphatic rings. The van der Waals surface area contributed by atoms with Crippen LogP contribution in [0.25, 0.3) is 11.4 Å². The van der Waals surface area contributed by atoms with Crippen molar-refractivity contribution < 1.29 is 9.18 Å². The van der Waals surface area contributed by atoms with Gasteiger partial charge in [0.15, 0.2) is 6.29 Å². The van der Waals surface area contributed by atoms with E-state index in [0.717, 1.165) is 16.7 Å². The monoisotopic (exact) mass is 433 g/mol. The van der Waals surface area contributed by atoms with Crippen LogP contribution >= 0.6 is 0 Å². The molecule has 2 aromatic heterocycles. The molecule has 2 heterocycles. The number of benzene rings is 3. The SMILES string of the molecule is O=Cc1cccc(-c2cn(C(c3ccccc3)(c3ccccc3)c3ccccc3)c(F)n2)n1. The van der Waals surface area contributed by atoms with Crippen LogP contribution in [0.4, 0.5) is 4.39 Å². The highest BCUT2D eigenvalue weighted by atomic mass is 19.1. The van der Waals surface area contributed by atoms with Gasteiger partial charge in [-0.25, -0.2) is 9.97 Å². The van der Waals surface area contributed by atoms with E-state index in [4.69, 9.17) is 0 Å². The third-order valence-electron chi connectivity index (χ3n) is 5.75. The third-order valence-corrected chi connectivity index (χ3v) is 5.75. The van der Waals surface area contributed by atoms with Gasteiger partial charge in [0, 0.05) is 6.20 Å². The van der Waals surface area contributed by atoms with Crippen molar-refractivity contribution in [3.8, 4) is 11.4 Å². The third kappa shape index (κ3) is 3.53. The zero-order valence-electron chi connectivity index (χ0n) is 17.7. The predicted molar refractivity (Wildman–Crippen MR) is 125 cm³/mol. The number of imidazole rings is 1. The van der Waals surface area contributed by atoms with Crippen molar-refractivity contribution in [3.05, 3.63) is 144 Å². The number of rotatable bonds is 6. The summed E-state index contributed by atoms with van der Waals surface area (Å²) in [6, 6.07) is 34.5. The van der Waals surface area contributed by atoms with E-state index in [1.807, 2.05) is 91.0 Å². The highest BCUT2D eigenvalue weighted by molar-refractivity contribution is 5.73. The number of hydrogen-bond acceptors (Lipinski definition) is 3. The van der Waals surface area contributed by atoms with Crippen molar-refractivity contribution >= 4 is 6.29 Å². The van der Waals surface area contributed by atoms with Crippen molar-refractivity contribution in [1.82, 2.24) is 14.5 Å². The number of halogens is 1. The van der Waals surface area contributed by atoms with Gasteiger partial charge in [-0.2, -0.15) is 4.39 Å². The average molecular weight is 433 g/mol. The first kappa shape index (κ1) is 20.5. The molecule has 0 unspecified atom stereocenters. The first-order valence-corrected chi connectivity index (χ1v) is 10.6. The zero-order valence-corrected chi connectivity index (χ0v) is 17.7. The van der Waals surface area contributed by atoms with Crippen molar-refractivity contribution in [2.75, 3.05) is 0 Å². The van der Waals surface area contributed by atoms with Crippen molar-refractivity contribution in [2.45, 2.75) is 5.54 Å². The summed E-state index contributed by atoms with van der Waals surface area (Å²) in [5.74, 6) is 0. The minimum atomic E-state index is -1.01. The number of aromatic nitrogens is 3. The van der Waals surface area contributed by atoms with Gasteiger partial charge in [0.25, 0.3) is 6.08 Å². The number of nitrogens with zero attached hydrogens (tertiary/aromatic N) is 3. The molecule has 0 atom stereocenters. The van der Waals surface area contributed by atoms with Crippen LogP contribution < -0.4 is 0 Å². The maximum absolute atomic E-state index is 15.8. The van der Waals surface area contributed by atoms with Gasteiger partial charge >= 0.3 is 0 Å². The second kappa shape index (κ2) is 8.63. The Bertz CT molecular complexity index is 1290. The lowest BCUT2D eigenvalue weighted by atomic mass is 9.76. The molecule has 4 nitrogen and oxygen atoms in total.